The molecule has 2 rings (SSSR count). The van der Waals surface area contributed by atoms with Crippen LogP contribution in [0, 0.1) is 0 Å². The number of amides is 2. The van der Waals surface area contributed by atoms with Gasteiger partial charge in [0.15, 0.2) is 0 Å². The third-order valence-corrected chi connectivity index (χ3v) is 3.86. The lowest BCUT2D eigenvalue weighted by molar-refractivity contribution is -0.134. The van der Waals surface area contributed by atoms with Crippen LogP contribution in [0.3, 0.4) is 0 Å². The normalized spacial score (nSPS) is 27.5. The van der Waals surface area contributed by atoms with Gasteiger partial charge in [-0.2, -0.15) is 0 Å². The van der Waals surface area contributed by atoms with Gasteiger partial charge in [-0.25, -0.2) is 0 Å². The first kappa shape index (κ1) is 12.4. The molecule has 5 heteroatoms. The van der Waals surface area contributed by atoms with Crippen molar-refractivity contribution >= 4 is 11.8 Å². The Bertz CT molecular complexity index is 311. The quantitative estimate of drug-likeness (QED) is 0.727. The summed E-state index contributed by atoms with van der Waals surface area (Å²) in [5, 5.41) is 3.07. The second kappa shape index (κ2) is 5.04. The van der Waals surface area contributed by atoms with E-state index < -0.39 is 0 Å². The molecule has 0 aromatic rings. The van der Waals surface area contributed by atoms with Crippen molar-refractivity contribution in [3.8, 4) is 0 Å². The molecule has 2 heterocycles. The second-order valence-electron chi connectivity index (χ2n) is 5.15. The van der Waals surface area contributed by atoms with E-state index in [1.165, 1.54) is 0 Å². The van der Waals surface area contributed by atoms with Crippen LogP contribution in [0.2, 0.25) is 0 Å². The van der Waals surface area contributed by atoms with Gasteiger partial charge >= 0.3 is 0 Å². The zero-order valence-corrected chi connectivity index (χ0v) is 10.6. The molecule has 0 saturated carbocycles. The second-order valence-corrected chi connectivity index (χ2v) is 5.15. The lowest BCUT2D eigenvalue weighted by Gasteiger charge is -2.31. The summed E-state index contributed by atoms with van der Waals surface area (Å²) in [6.07, 6.45) is 3.18. The minimum Gasteiger partial charge on any atom is -0.351 e. The van der Waals surface area contributed by atoms with Gasteiger partial charge in [-0.3, -0.25) is 9.59 Å². The van der Waals surface area contributed by atoms with Crippen LogP contribution in [-0.2, 0) is 9.59 Å². The molecule has 1 unspecified atom stereocenters. The van der Waals surface area contributed by atoms with E-state index in [-0.39, 0.29) is 23.9 Å². The Morgan fingerprint density at radius 1 is 1.24 bits per heavy atom. The summed E-state index contributed by atoms with van der Waals surface area (Å²) >= 11 is 0. The number of hydrogen-bond acceptors (Lipinski definition) is 3. The van der Waals surface area contributed by atoms with E-state index in [0.717, 1.165) is 25.9 Å². The predicted molar refractivity (Wildman–Crippen MR) is 64.5 cm³/mol. The summed E-state index contributed by atoms with van der Waals surface area (Å²) in [5.41, 5.74) is 0. The summed E-state index contributed by atoms with van der Waals surface area (Å²) in [5.74, 6) is 0.0985. The Morgan fingerprint density at radius 2 is 1.88 bits per heavy atom. The fourth-order valence-electron chi connectivity index (χ4n) is 2.56. The largest absolute Gasteiger partial charge is 0.351 e. The van der Waals surface area contributed by atoms with Gasteiger partial charge in [0.2, 0.25) is 11.8 Å². The molecule has 2 aliphatic heterocycles. The summed E-state index contributed by atoms with van der Waals surface area (Å²) < 4.78 is 0. The zero-order valence-electron chi connectivity index (χ0n) is 10.6. The molecule has 2 amide bonds. The van der Waals surface area contributed by atoms with Crippen LogP contribution >= 0.6 is 0 Å². The summed E-state index contributed by atoms with van der Waals surface area (Å²) in [4.78, 5) is 27.2. The Balaban J connectivity index is 1.83. The number of rotatable bonds is 2. The highest BCUT2D eigenvalue weighted by molar-refractivity contribution is 5.90. The molecule has 0 aromatic carbocycles. The van der Waals surface area contributed by atoms with E-state index in [1.54, 1.807) is 11.9 Å². The Hall–Kier alpha value is -1.10. The molecule has 2 aliphatic rings. The van der Waals surface area contributed by atoms with Crippen LogP contribution in [-0.4, -0.2) is 60.9 Å². The van der Waals surface area contributed by atoms with Crippen molar-refractivity contribution in [3.05, 3.63) is 0 Å². The van der Waals surface area contributed by atoms with Gasteiger partial charge in [0.25, 0.3) is 0 Å². The van der Waals surface area contributed by atoms with Crippen molar-refractivity contribution < 1.29 is 9.59 Å². The highest BCUT2D eigenvalue weighted by atomic mass is 16.2. The number of hydrogen-bond donors (Lipinski definition) is 1. The van der Waals surface area contributed by atoms with E-state index in [4.69, 9.17) is 0 Å². The Morgan fingerprint density at radius 3 is 2.41 bits per heavy atom. The zero-order chi connectivity index (χ0) is 12.4. The van der Waals surface area contributed by atoms with E-state index in [0.29, 0.717) is 12.8 Å². The molecular formula is C12H21N3O2. The van der Waals surface area contributed by atoms with Crippen molar-refractivity contribution in [1.29, 1.82) is 0 Å². The van der Waals surface area contributed by atoms with Crippen LogP contribution in [0.5, 0.6) is 0 Å². The first-order chi connectivity index (χ1) is 8.08. The average molecular weight is 239 g/mol. The van der Waals surface area contributed by atoms with Crippen molar-refractivity contribution in [2.45, 2.75) is 37.8 Å². The molecule has 1 N–H and O–H groups in total. The third-order valence-electron chi connectivity index (χ3n) is 3.86. The van der Waals surface area contributed by atoms with Gasteiger partial charge in [0.1, 0.15) is 6.04 Å². The minimum atomic E-state index is -0.248. The number of likely N-dealkylation sites (tertiary alicyclic amines) is 2. The topological polar surface area (TPSA) is 52.7 Å². The van der Waals surface area contributed by atoms with E-state index >= 15 is 0 Å². The highest BCUT2D eigenvalue weighted by Gasteiger charge is 2.34. The molecule has 0 aliphatic carbocycles. The van der Waals surface area contributed by atoms with Crippen LogP contribution in [0.1, 0.15) is 25.7 Å². The van der Waals surface area contributed by atoms with E-state index in [9.17, 15) is 9.59 Å². The highest BCUT2D eigenvalue weighted by Crippen LogP contribution is 2.17. The maximum atomic E-state index is 12.0. The molecule has 0 spiro atoms. The molecule has 0 radical (unpaired) electrons. The SMILES string of the molecule is CN1CCC(NC(=O)C2CCC(=O)N2C)CC1. The van der Waals surface area contributed by atoms with Crippen molar-refractivity contribution in [2.24, 2.45) is 0 Å². The number of nitrogens with zero attached hydrogens (tertiary/aromatic N) is 2. The number of carbonyl (C=O) groups excluding carboxylic acids is 2. The van der Waals surface area contributed by atoms with Crippen molar-refractivity contribution in [1.82, 2.24) is 15.1 Å². The van der Waals surface area contributed by atoms with Crippen molar-refractivity contribution in [3.63, 3.8) is 0 Å². The van der Waals surface area contributed by atoms with Gasteiger partial charge in [0, 0.05) is 19.5 Å². The number of piperidine rings is 1. The third kappa shape index (κ3) is 2.77. The predicted octanol–water partition coefficient (Wildman–Crippen LogP) is -0.182. The summed E-state index contributed by atoms with van der Waals surface area (Å²) in [6, 6.07) is 0.0324. The molecule has 96 valence electrons. The standard InChI is InChI=1S/C12H21N3O2/c1-14-7-5-9(6-8-14)13-12(17)10-3-4-11(16)15(10)2/h9-10H,3-8H2,1-2H3,(H,13,17). The summed E-state index contributed by atoms with van der Waals surface area (Å²) in [6.45, 7) is 2.06. The van der Waals surface area contributed by atoms with Gasteiger partial charge in [-0.1, -0.05) is 0 Å². The molecule has 5 nitrogen and oxygen atoms in total. The van der Waals surface area contributed by atoms with Crippen LogP contribution < -0.4 is 5.32 Å². The van der Waals surface area contributed by atoms with E-state index in [2.05, 4.69) is 17.3 Å². The number of carbonyl (C=O) groups is 2. The fraction of sp³-hybridized carbons (Fsp3) is 0.833. The Labute approximate surface area is 102 Å². The van der Waals surface area contributed by atoms with Crippen LogP contribution in [0.4, 0.5) is 0 Å². The molecule has 0 aromatic heterocycles. The van der Waals surface area contributed by atoms with E-state index in [1.807, 2.05) is 0 Å². The summed E-state index contributed by atoms with van der Waals surface area (Å²) in [7, 11) is 3.82. The molecule has 17 heavy (non-hydrogen) atoms. The fourth-order valence-corrected chi connectivity index (χ4v) is 2.56. The molecule has 2 fully saturated rings. The van der Waals surface area contributed by atoms with Crippen LogP contribution in [0.25, 0.3) is 0 Å². The molecule has 2 saturated heterocycles. The van der Waals surface area contributed by atoms with Gasteiger partial charge < -0.3 is 15.1 Å². The van der Waals surface area contributed by atoms with Gasteiger partial charge in [-0.15, -0.1) is 0 Å². The monoisotopic (exact) mass is 239 g/mol. The lowest BCUT2D eigenvalue weighted by atomic mass is 10.0. The Kier molecular flexibility index (Phi) is 3.66. The number of nitrogens with one attached hydrogen (secondary N) is 1. The minimum absolute atomic E-state index is 0.0212. The lowest BCUT2D eigenvalue weighted by Crippen LogP contribution is -2.49. The maximum Gasteiger partial charge on any atom is 0.243 e. The smallest absolute Gasteiger partial charge is 0.243 e. The van der Waals surface area contributed by atoms with Gasteiger partial charge in [0.05, 0.1) is 0 Å². The first-order valence-electron chi connectivity index (χ1n) is 6.32. The molecular weight excluding hydrogens is 218 g/mol. The van der Waals surface area contributed by atoms with Crippen LogP contribution in [0.15, 0.2) is 0 Å². The maximum absolute atomic E-state index is 12.0. The molecule has 1 atom stereocenters. The molecule has 0 bridgehead atoms. The van der Waals surface area contributed by atoms with Crippen molar-refractivity contribution in [2.75, 3.05) is 27.2 Å². The van der Waals surface area contributed by atoms with Gasteiger partial charge in [-0.05, 0) is 39.4 Å². The number of likely N-dealkylation sites (N-methyl/N-ethyl adjacent to an activating group) is 1. The first-order valence-corrected chi connectivity index (χ1v) is 6.32. The average Bonchev–Trinajstić information content (AvgIpc) is 2.63.